The van der Waals surface area contributed by atoms with E-state index in [-0.39, 0.29) is 0 Å². The maximum absolute atomic E-state index is 7.19. The SMILES string of the molecule is C[C@@H]1[C@H]2CC(C[C@H]1B(Cl)[C@@H]1C[C@@H]3C[C@H]([C@H]1C)C3(C)C)C2(C)C. The van der Waals surface area contributed by atoms with E-state index in [1.54, 1.807) is 0 Å². The van der Waals surface area contributed by atoms with Gasteiger partial charge in [-0.25, -0.2) is 0 Å². The molecule has 0 spiro atoms. The topological polar surface area (TPSA) is 0 Å². The van der Waals surface area contributed by atoms with Crippen LogP contribution < -0.4 is 0 Å². The molecule has 6 fully saturated rings. The van der Waals surface area contributed by atoms with Crippen molar-refractivity contribution in [3.63, 3.8) is 0 Å². The zero-order chi connectivity index (χ0) is 16.0. The quantitative estimate of drug-likeness (QED) is 0.519. The van der Waals surface area contributed by atoms with Gasteiger partial charge >= 0.3 is 0 Å². The van der Waals surface area contributed by atoms with Crippen LogP contribution in [0.25, 0.3) is 0 Å². The van der Waals surface area contributed by atoms with Gasteiger partial charge in [0.1, 0.15) is 0 Å². The molecule has 0 aromatic carbocycles. The van der Waals surface area contributed by atoms with E-state index in [9.17, 15) is 0 Å². The van der Waals surface area contributed by atoms with E-state index in [0.29, 0.717) is 17.0 Å². The third-order valence-corrected chi connectivity index (χ3v) is 10.3. The fourth-order valence-corrected chi connectivity index (χ4v) is 8.20. The van der Waals surface area contributed by atoms with Crippen molar-refractivity contribution in [1.29, 1.82) is 0 Å². The molecule has 0 N–H and O–H groups in total. The Kier molecular flexibility index (Phi) is 3.39. The second kappa shape index (κ2) is 4.71. The maximum atomic E-state index is 7.19. The first-order valence-corrected chi connectivity index (χ1v) is 10.2. The first kappa shape index (κ1) is 15.9. The Morgan fingerprint density at radius 3 is 1.36 bits per heavy atom. The average molecular weight is 321 g/mol. The Balaban J connectivity index is 1.49. The van der Waals surface area contributed by atoms with Crippen LogP contribution in [0.15, 0.2) is 0 Å². The summed E-state index contributed by atoms with van der Waals surface area (Å²) in [5, 5.41) is 0. The van der Waals surface area contributed by atoms with Crippen LogP contribution in [0.2, 0.25) is 11.6 Å². The van der Waals surface area contributed by atoms with Crippen molar-refractivity contribution in [2.45, 2.75) is 78.9 Å². The summed E-state index contributed by atoms with van der Waals surface area (Å²) in [4.78, 5) is 0. The number of hydrogen-bond donors (Lipinski definition) is 0. The van der Waals surface area contributed by atoms with Gasteiger partial charge in [-0.2, -0.15) is 11.5 Å². The van der Waals surface area contributed by atoms with Crippen molar-refractivity contribution in [1.82, 2.24) is 0 Å². The lowest BCUT2D eigenvalue weighted by Crippen LogP contribution is -2.58. The highest BCUT2D eigenvalue weighted by atomic mass is 35.5. The molecule has 0 nitrogen and oxygen atoms in total. The zero-order valence-corrected chi connectivity index (χ0v) is 16.2. The van der Waals surface area contributed by atoms with Crippen molar-refractivity contribution >= 4 is 17.6 Å². The van der Waals surface area contributed by atoms with Crippen molar-refractivity contribution in [3.8, 4) is 0 Å². The van der Waals surface area contributed by atoms with E-state index < -0.39 is 0 Å². The lowest BCUT2D eigenvalue weighted by atomic mass is 9.30. The molecule has 0 saturated heterocycles. The van der Waals surface area contributed by atoms with Gasteiger partial charge in [0.05, 0.1) is 0 Å². The number of hydrogen-bond acceptors (Lipinski definition) is 0. The second-order valence-electron chi connectivity index (χ2n) is 10.7. The number of halogens is 1. The summed E-state index contributed by atoms with van der Waals surface area (Å²) in [6.07, 6.45) is 6.20. The van der Waals surface area contributed by atoms with Crippen molar-refractivity contribution < 1.29 is 0 Å². The molecule has 6 rings (SSSR count). The monoisotopic (exact) mass is 320 g/mol. The van der Waals surface area contributed by atoms with Gasteiger partial charge in [-0.15, -0.1) is 0 Å². The average Bonchev–Trinajstić information content (AvgIpc) is 2.45. The van der Waals surface area contributed by atoms with E-state index in [0.717, 1.165) is 47.1 Å². The number of fused-ring (bicyclic) bond motifs is 4. The van der Waals surface area contributed by atoms with Crippen molar-refractivity contribution in [2.75, 3.05) is 0 Å². The van der Waals surface area contributed by atoms with E-state index in [2.05, 4.69) is 41.5 Å². The van der Waals surface area contributed by atoms with E-state index >= 15 is 0 Å². The Hall–Kier alpha value is 0.355. The van der Waals surface area contributed by atoms with Crippen LogP contribution in [0, 0.1) is 46.3 Å². The summed E-state index contributed by atoms with van der Waals surface area (Å²) in [5.41, 5.74) is 1.18. The highest BCUT2D eigenvalue weighted by Gasteiger charge is 2.62. The molecular weight excluding hydrogens is 286 g/mol. The summed E-state index contributed by atoms with van der Waals surface area (Å²) in [6.45, 7) is 15.0. The predicted molar refractivity (Wildman–Crippen MR) is 97.4 cm³/mol. The normalized spacial score (nSPS) is 54.1. The zero-order valence-electron chi connectivity index (χ0n) is 15.4. The summed E-state index contributed by atoms with van der Waals surface area (Å²) in [6, 6.07) is 0. The molecule has 0 radical (unpaired) electrons. The molecule has 6 saturated carbocycles. The smallest absolute Gasteiger partial charge is 0.195 e. The number of rotatable bonds is 2. The van der Waals surface area contributed by atoms with Gasteiger partial charge < -0.3 is 0 Å². The van der Waals surface area contributed by atoms with Crippen LogP contribution in [0.4, 0.5) is 0 Å². The highest BCUT2D eigenvalue weighted by molar-refractivity contribution is 7.08. The molecule has 0 aromatic rings. The Labute approximate surface area is 143 Å². The molecule has 0 aromatic heterocycles. The molecule has 8 atom stereocenters. The Bertz CT molecular complexity index is 428. The standard InChI is InChI=1S/C20H34BCl/c1-11-15-7-13(19(15,3)4)9-17(11)21(22)18-10-14-8-16(12(18)2)20(14,5)6/h11-18H,7-10H2,1-6H3/t11-,12-,13+,14?,15-,16-,17-,18-/m1/s1. The molecule has 6 aliphatic carbocycles. The van der Waals surface area contributed by atoms with Gasteiger partial charge in [0.15, 0.2) is 0 Å². The van der Waals surface area contributed by atoms with E-state index in [1.165, 1.54) is 25.7 Å². The van der Waals surface area contributed by atoms with Crippen LogP contribution in [0.3, 0.4) is 0 Å². The minimum atomic E-state index is 0.438. The summed E-state index contributed by atoms with van der Waals surface area (Å²) in [5.74, 6) is 7.00. The largest absolute Gasteiger partial charge is 0.257 e. The molecule has 6 aliphatic rings. The maximum Gasteiger partial charge on any atom is 0.257 e. The molecule has 0 amide bonds. The third kappa shape index (κ3) is 1.84. The minimum absolute atomic E-state index is 0.438. The summed E-state index contributed by atoms with van der Waals surface area (Å²) in [7, 11) is 0. The van der Waals surface area contributed by atoms with Gasteiger partial charge in [-0.3, -0.25) is 0 Å². The molecular formula is C20H34BCl. The van der Waals surface area contributed by atoms with Crippen LogP contribution >= 0.6 is 11.5 Å². The molecule has 4 bridgehead atoms. The minimum Gasteiger partial charge on any atom is -0.195 e. The van der Waals surface area contributed by atoms with Gasteiger partial charge in [0.2, 0.25) is 0 Å². The first-order valence-electron chi connectivity index (χ1n) is 9.79. The van der Waals surface area contributed by atoms with Crippen LogP contribution in [-0.2, 0) is 0 Å². The fraction of sp³-hybridized carbons (Fsp3) is 1.00. The molecule has 0 aliphatic heterocycles. The van der Waals surface area contributed by atoms with Crippen LogP contribution in [0.5, 0.6) is 0 Å². The first-order chi connectivity index (χ1) is 10.2. The van der Waals surface area contributed by atoms with Crippen LogP contribution in [0.1, 0.15) is 67.2 Å². The molecule has 2 heteroatoms. The van der Waals surface area contributed by atoms with Crippen LogP contribution in [-0.4, -0.2) is 6.13 Å². The van der Waals surface area contributed by atoms with Crippen molar-refractivity contribution in [3.05, 3.63) is 0 Å². The molecule has 1 unspecified atom stereocenters. The molecule has 0 heterocycles. The van der Waals surface area contributed by atoms with Gasteiger partial charge in [0.25, 0.3) is 6.13 Å². The van der Waals surface area contributed by atoms with E-state index in [1.807, 2.05) is 0 Å². The van der Waals surface area contributed by atoms with Gasteiger partial charge in [0, 0.05) is 0 Å². The predicted octanol–water partition coefficient (Wildman–Crippen LogP) is 6.36. The van der Waals surface area contributed by atoms with Gasteiger partial charge in [-0.1, -0.05) is 54.4 Å². The Morgan fingerprint density at radius 1 is 0.727 bits per heavy atom. The molecule has 124 valence electrons. The highest BCUT2D eigenvalue weighted by Crippen LogP contribution is 2.69. The summed E-state index contributed by atoms with van der Waals surface area (Å²) >= 11 is 7.19. The lowest BCUT2D eigenvalue weighted by molar-refractivity contribution is -0.106. The third-order valence-electron chi connectivity index (χ3n) is 9.64. The lowest BCUT2D eigenvalue weighted by Gasteiger charge is -2.65. The second-order valence-corrected chi connectivity index (χ2v) is 11.2. The summed E-state index contributed by atoms with van der Waals surface area (Å²) < 4.78 is 0. The van der Waals surface area contributed by atoms with Crippen molar-refractivity contribution in [2.24, 2.45) is 46.3 Å². The van der Waals surface area contributed by atoms with Gasteiger partial charge in [-0.05, 0) is 70.8 Å². The Morgan fingerprint density at radius 2 is 1.09 bits per heavy atom. The fourth-order valence-electron chi connectivity index (χ4n) is 7.54. The van der Waals surface area contributed by atoms with E-state index in [4.69, 9.17) is 11.5 Å². The molecule has 22 heavy (non-hydrogen) atoms.